The van der Waals surface area contributed by atoms with Gasteiger partial charge < -0.3 is 10.2 Å². The quantitative estimate of drug-likeness (QED) is 0.801. The molecule has 0 bridgehead atoms. The largest absolute Gasteiger partial charge is 0.356 e. The maximum Gasteiger partial charge on any atom is 0.128 e. The van der Waals surface area contributed by atoms with Crippen LogP contribution < -0.4 is 10.2 Å². The Hall–Kier alpha value is -1.06. The van der Waals surface area contributed by atoms with Gasteiger partial charge in [-0.15, -0.1) is 0 Å². The third-order valence-electron chi connectivity index (χ3n) is 2.19. The minimum atomic E-state index is 0.696. The van der Waals surface area contributed by atoms with Crippen molar-refractivity contribution in [2.45, 2.75) is 13.5 Å². The summed E-state index contributed by atoms with van der Waals surface area (Å²) in [7, 11) is 3.89. The number of likely N-dealkylation sites (N-methyl/N-ethyl adjacent to an activating group) is 1. The number of rotatable bonds is 5. The highest BCUT2D eigenvalue weighted by Gasteiger charge is 2.06. The monoisotopic (exact) mass is 239 g/mol. The van der Waals surface area contributed by atoms with Crippen molar-refractivity contribution in [3.63, 3.8) is 0 Å². The summed E-state index contributed by atoms with van der Waals surface area (Å²) in [5.74, 6) is 0.914. The molecule has 0 fully saturated rings. The van der Waals surface area contributed by atoms with Gasteiger partial charge in [-0.05, 0) is 25.6 Å². The Bertz CT molecular complexity index is 377. The molecule has 16 heavy (non-hydrogen) atoms. The van der Waals surface area contributed by atoms with Crippen LogP contribution in [0.4, 0.5) is 5.82 Å². The molecule has 1 heterocycles. The number of pyridine rings is 1. The van der Waals surface area contributed by atoms with Crippen molar-refractivity contribution in [3.05, 3.63) is 35.0 Å². The van der Waals surface area contributed by atoms with E-state index in [1.807, 2.05) is 27.1 Å². The Labute approximate surface area is 102 Å². The standard InChI is InChI=1S/C12H18ClN3/c1-9(2)8-16(4)12-5-10(6-14-3)11(13)7-15-12/h5,7,14H,1,6,8H2,2-4H3. The molecule has 1 rings (SSSR count). The molecule has 0 saturated carbocycles. The van der Waals surface area contributed by atoms with E-state index in [0.717, 1.165) is 30.0 Å². The van der Waals surface area contributed by atoms with Gasteiger partial charge in [0.25, 0.3) is 0 Å². The van der Waals surface area contributed by atoms with Crippen molar-refractivity contribution in [1.82, 2.24) is 10.3 Å². The Morgan fingerprint density at radius 3 is 2.88 bits per heavy atom. The molecule has 0 aromatic carbocycles. The summed E-state index contributed by atoms with van der Waals surface area (Å²) >= 11 is 6.05. The molecule has 3 nitrogen and oxygen atoms in total. The topological polar surface area (TPSA) is 28.2 Å². The summed E-state index contributed by atoms with van der Waals surface area (Å²) < 4.78 is 0. The molecule has 0 amide bonds. The second kappa shape index (κ2) is 5.87. The Morgan fingerprint density at radius 2 is 2.31 bits per heavy atom. The van der Waals surface area contributed by atoms with Gasteiger partial charge in [0, 0.05) is 26.3 Å². The molecular formula is C12H18ClN3. The molecule has 0 radical (unpaired) electrons. The van der Waals surface area contributed by atoms with E-state index in [1.54, 1.807) is 6.20 Å². The number of anilines is 1. The molecule has 1 aromatic rings. The smallest absolute Gasteiger partial charge is 0.128 e. The lowest BCUT2D eigenvalue weighted by Crippen LogP contribution is -2.20. The number of hydrogen-bond donors (Lipinski definition) is 1. The van der Waals surface area contributed by atoms with E-state index in [9.17, 15) is 0 Å². The second-order valence-electron chi connectivity index (χ2n) is 3.98. The fourth-order valence-electron chi connectivity index (χ4n) is 1.49. The maximum atomic E-state index is 6.05. The molecule has 0 aliphatic heterocycles. The Morgan fingerprint density at radius 1 is 1.62 bits per heavy atom. The lowest BCUT2D eigenvalue weighted by molar-refractivity contribution is 0.814. The van der Waals surface area contributed by atoms with Crippen molar-refractivity contribution in [2.24, 2.45) is 0 Å². The first-order chi connectivity index (χ1) is 7.54. The predicted molar refractivity (Wildman–Crippen MR) is 70.1 cm³/mol. The van der Waals surface area contributed by atoms with E-state index in [-0.39, 0.29) is 0 Å². The van der Waals surface area contributed by atoms with Crippen molar-refractivity contribution in [2.75, 3.05) is 25.5 Å². The van der Waals surface area contributed by atoms with Gasteiger partial charge in [-0.3, -0.25) is 0 Å². The van der Waals surface area contributed by atoms with Crippen molar-refractivity contribution >= 4 is 17.4 Å². The summed E-state index contributed by atoms with van der Waals surface area (Å²) in [4.78, 5) is 6.35. The summed E-state index contributed by atoms with van der Waals surface area (Å²) in [5, 5.41) is 3.78. The van der Waals surface area contributed by atoms with E-state index in [1.165, 1.54) is 0 Å². The number of aromatic nitrogens is 1. The van der Waals surface area contributed by atoms with Crippen molar-refractivity contribution < 1.29 is 0 Å². The van der Waals surface area contributed by atoms with Crippen LogP contribution in [0.2, 0.25) is 5.02 Å². The molecule has 0 atom stereocenters. The van der Waals surface area contributed by atoms with E-state index < -0.39 is 0 Å². The third kappa shape index (κ3) is 3.51. The predicted octanol–water partition coefficient (Wildman–Crippen LogP) is 2.47. The van der Waals surface area contributed by atoms with Gasteiger partial charge in [-0.25, -0.2) is 4.98 Å². The minimum Gasteiger partial charge on any atom is -0.356 e. The van der Waals surface area contributed by atoms with Gasteiger partial charge >= 0.3 is 0 Å². The molecular weight excluding hydrogens is 222 g/mol. The van der Waals surface area contributed by atoms with Crippen LogP contribution in [0.15, 0.2) is 24.4 Å². The summed E-state index contributed by atoms with van der Waals surface area (Å²) in [6.07, 6.45) is 1.69. The van der Waals surface area contributed by atoms with Gasteiger partial charge in [0.15, 0.2) is 0 Å². The summed E-state index contributed by atoms with van der Waals surface area (Å²) in [6.45, 7) is 7.43. The molecule has 0 aliphatic rings. The van der Waals surface area contributed by atoms with E-state index >= 15 is 0 Å². The zero-order chi connectivity index (χ0) is 12.1. The van der Waals surface area contributed by atoms with Crippen LogP contribution in [0, 0.1) is 0 Å². The van der Waals surface area contributed by atoms with E-state index in [0.29, 0.717) is 5.02 Å². The average molecular weight is 240 g/mol. The first-order valence-corrected chi connectivity index (χ1v) is 5.57. The number of nitrogens with one attached hydrogen (secondary N) is 1. The average Bonchev–Trinajstić information content (AvgIpc) is 2.20. The lowest BCUT2D eigenvalue weighted by atomic mass is 10.2. The highest BCUT2D eigenvalue weighted by atomic mass is 35.5. The fraction of sp³-hybridized carbons (Fsp3) is 0.417. The van der Waals surface area contributed by atoms with Crippen molar-refractivity contribution in [1.29, 1.82) is 0 Å². The first kappa shape index (κ1) is 13.0. The zero-order valence-corrected chi connectivity index (χ0v) is 10.8. The molecule has 1 N–H and O–H groups in total. The van der Waals surface area contributed by atoms with E-state index in [4.69, 9.17) is 11.6 Å². The summed E-state index contributed by atoms with van der Waals surface area (Å²) in [5.41, 5.74) is 2.16. The third-order valence-corrected chi connectivity index (χ3v) is 2.53. The highest BCUT2D eigenvalue weighted by Crippen LogP contribution is 2.20. The van der Waals surface area contributed by atoms with Crippen LogP contribution in [0.3, 0.4) is 0 Å². The fourth-order valence-corrected chi connectivity index (χ4v) is 1.66. The van der Waals surface area contributed by atoms with Gasteiger partial charge in [-0.2, -0.15) is 0 Å². The number of hydrogen-bond acceptors (Lipinski definition) is 3. The molecule has 0 spiro atoms. The first-order valence-electron chi connectivity index (χ1n) is 5.19. The van der Waals surface area contributed by atoms with Crippen LogP contribution in [0.1, 0.15) is 12.5 Å². The molecule has 4 heteroatoms. The van der Waals surface area contributed by atoms with Crippen LogP contribution in [0.25, 0.3) is 0 Å². The number of halogens is 1. The zero-order valence-electron chi connectivity index (χ0n) is 10.0. The SMILES string of the molecule is C=C(C)CN(C)c1cc(CNC)c(Cl)cn1. The Kier molecular flexibility index (Phi) is 4.77. The Balaban J connectivity index is 2.88. The maximum absolute atomic E-state index is 6.05. The van der Waals surface area contributed by atoms with Crippen molar-refractivity contribution in [3.8, 4) is 0 Å². The highest BCUT2D eigenvalue weighted by molar-refractivity contribution is 6.31. The van der Waals surface area contributed by atoms with Crippen LogP contribution in [-0.4, -0.2) is 25.6 Å². The summed E-state index contributed by atoms with van der Waals surface area (Å²) in [6, 6.07) is 2.00. The second-order valence-corrected chi connectivity index (χ2v) is 4.38. The van der Waals surface area contributed by atoms with Gasteiger partial charge in [0.2, 0.25) is 0 Å². The van der Waals surface area contributed by atoms with Gasteiger partial charge in [-0.1, -0.05) is 23.8 Å². The number of nitrogens with zero attached hydrogens (tertiary/aromatic N) is 2. The minimum absolute atomic E-state index is 0.696. The van der Waals surface area contributed by atoms with Crippen LogP contribution >= 0.6 is 11.6 Å². The molecule has 1 aromatic heterocycles. The molecule has 0 saturated heterocycles. The lowest BCUT2D eigenvalue weighted by Gasteiger charge is -2.19. The van der Waals surface area contributed by atoms with E-state index in [2.05, 4.69) is 21.8 Å². The van der Waals surface area contributed by atoms with Crippen LogP contribution in [0.5, 0.6) is 0 Å². The molecule has 88 valence electrons. The molecule has 0 aliphatic carbocycles. The molecule has 0 unspecified atom stereocenters. The van der Waals surface area contributed by atoms with Gasteiger partial charge in [0.05, 0.1) is 5.02 Å². The van der Waals surface area contributed by atoms with Crippen LogP contribution in [-0.2, 0) is 6.54 Å². The normalized spacial score (nSPS) is 10.2. The van der Waals surface area contributed by atoms with Gasteiger partial charge in [0.1, 0.15) is 5.82 Å².